The zero-order chi connectivity index (χ0) is 18.3. The van der Waals surface area contributed by atoms with Crippen LogP contribution in [0.25, 0.3) is 23.6 Å². The zero-order valence-corrected chi connectivity index (χ0v) is 15.9. The first-order valence-electron chi connectivity index (χ1n) is 9.41. The van der Waals surface area contributed by atoms with Gasteiger partial charge in [0.25, 0.3) is 0 Å². The molecule has 1 aliphatic carbocycles. The second-order valence-electron chi connectivity index (χ2n) is 8.05. The third-order valence-electron chi connectivity index (χ3n) is 6.03. The van der Waals surface area contributed by atoms with Gasteiger partial charge >= 0.3 is 158 Å². The molecule has 129 valence electrons. The van der Waals surface area contributed by atoms with Gasteiger partial charge in [-0.05, 0) is 0 Å². The molecule has 5 rings (SSSR count). The average Bonchev–Trinajstić information content (AvgIpc) is 2.60. The third kappa shape index (κ3) is 3.34. The molecular formula is C21H24B3O2. The van der Waals surface area contributed by atoms with E-state index in [1.807, 2.05) is 6.07 Å². The third-order valence-corrected chi connectivity index (χ3v) is 6.03. The van der Waals surface area contributed by atoms with Crippen LogP contribution in [0.3, 0.4) is 0 Å². The number of hydrogen-bond acceptors (Lipinski definition) is 2. The molecule has 3 heterocycles. The summed E-state index contributed by atoms with van der Waals surface area (Å²) < 4.78 is 11.3. The normalized spacial score (nSPS) is 27.4. The van der Waals surface area contributed by atoms with Crippen molar-refractivity contribution in [2.24, 2.45) is 5.92 Å². The second kappa shape index (κ2) is 6.85. The van der Waals surface area contributed by atoms with Gasteiger partial charge in [0.15, 0.2) is 0 Å². The van der Waals surface area contributed by atoms with E-state index in [1.54, 1.807) is 7.11 Å². The minimum absolute atomic E-state index is 0.171. The Morgan fingerprint density at radius 1 is 1.38 bits per heavy atom. The van der Waals surface area contributed by atoms with E-state index in [0.717, 1.165) is 23.4 Å². The van der Waals surface area contributed by atoms with Crippen LogP contribution in [0, 0.1) is 12.8 Å². The van der Waals surface area contributed by atoms with Crippen LogP contribution < -0.4 is 15.0 Å². The molecule has 0 amide bonds. The van der Waals surface area contributed by atoms with Crippen LogP contribution >= 0.6 is 0 Å². The monoisotopic (exact) mass is 341 g/mol. The molecule has 1 unspecified atom stereocenters. The first-order valence-corrected chi connectivity index (χ1v) is 9.41. The molecule has 26 heavy (non-hydrogen) atoms. The Kier molecular flexibility index (Phi) is 4.69. The SMILES string of the molecule is C=c1bc(-c2ccc(OC)cc2C)cb/c1=C/[B]C1COC2(C)CC1C2. The fourth-order valence-electron chi connectivity index (χ4n) is 4.37. The molecule has 2 nitrogen and oxygen atoms in total. The molecule has 2 aliphatic heterocycles. The van der Waals surface area contributed by atoms with Crippen molar-refractivity contribution >= 4 is 33.7 Å². The molecule has 3 aliphatic rings. The van der Waals surface area contributed by atoms with E-state index in [1.165, 1.54) is 34.5 Å². The Morgan fingerprint density at radius 3 is 2.81 bits per heavy atom. The molecular weight excluding hydrogens is 317 g/mol. The minimum atomic E-state index is 0.171. The molecule has 1 saturated carbocycles. The molecule has 2 aromatic rings. The van der Waals surface area contributed by atoms with Crippen LogP contribution in [0.5, 0.6) is 5.75 Å². The summed E-state index contributed by atoms with van der Waals surface area (Å²) in [6.45, 7) is 13.8. The van der Waals surface area contributed by atoms with Gasteiger partial charge in [-0.25, -0.2) is 0 Å². The fraction of sp³-hybridized carbons (Fsp3) is 0.429. The van der Waals surface area contributed by atoms with Gasteiger partial charge in [-0.3, -0.25) is 0 Å². The average molecular weight is 341 g/mol. The van der Waals surface area contributed by atoms with E-state index >= 15 is 0 Å². The standard InChI is InChI=1S/C21H24B3O2/c1-13-7-16(25-4)5-6-17(13)19-11-22-18(14(2)24-19)10-23-20-12-26-21(3)8-15(20)9-21/h5-7,10-11,15,20H,2,8-9,12H2,1,3-4H3/b18-10+. The fourth-order valence-corrected chi connectivity index (χ4v) is 4.37. The van der Waals surface area contributed by atoms with Crippen LogP contribution in [0.1, 0.15) is 25.3 Å². The number of rotatable bonds is 4. The van der Waals surface area contributed by atoms with Crippen LogP contribution in [-0.4, -0.2) is 40.4 Å². The summed E-state index contributed by atoms with van der Waals surface area (Å²) in [5.74, 6) is 6.63. The predicted molar refractivity (Wildman–Crippen MR) is 112 cm³/mol. The van der Waals surface area contributed by atoms with Gasteiger partial charge in [0, 0.05) is 0 Å². The van der Waals surface area contributed by atoms with Crippen molar-refractivity contribution in [2.45, 2.75) is 38.1 Å². The summed E-state index contributed by atoms with van der Waals surface area (Å²) in [6, 6.07) is 6.20. The Hall–Kier alpha value is -1.61. The molecule has 1 aromatic heterocycles. The van der Waals surface area contributed by atoms with Gasteiger partial charge in [-0.1, -0.05) is 0 Å². The van der Waals surface area contributed by atoms with Crippen molar-refractivity contribution in [3.8, 4) is 16.8 Å². The predicted octanol–water partition coefficient (Wildman–Crippen LogP) is 2.19. The molecule has 2 bridgehead atoms. The van der Waals surface area contributed by atoms with Crippen LogP contribution in [0.4, 0.5) is 0 Å². The van der Waals surface area contributed by atoms with E-state index in [4.69, 9.17) is 9.47 Å². The van der Waals surface area contributed by atoms with Gasteiger partial charge < -0.3 is 0 Å². The number of ether oxygens (including phenoxy) is 2. The van der Waals surface area contributed by atoms with Crippen molar-refractivity contribution in [2.75, 3.05) is 13.7 Å². The van der Waals surface area contributed by atoms with E-state index in [-0.39, 0.29) is 5.60 Å². The van der Waals surface area contributed by atoms with Crippen molar-refractivity contribution in [3.63, 3.8) is 0 Å². The van der Waals surface area contributed by atoms with Crippen molar-refractivity contribution in [1.29, 1.82) is 0 Å². The van der Waals surface area contributed by atoms with Crippen molar-refractivity contribution in [3.05, 3.63) is 40.0 Å². The molecule has 1 radical (unpaired) electrons. The molecule has 0 N–H and O–H groups in total. The van der Waals surface area contributed by atoms with Crippen LogP contribution in [-0.2, 0) is 4.74 Å². The summed E-state index contributed by atoms with van der Waals surface area (Å²) >= 11 is 0. The van der Waals surface area contributed by atoms with Crippen molar-refractivity contribution < 1.29 is 9.47 Å². The summed E-state index contributed by atoms with van der Waals surface area (Å²) in [5, 5.41) is 2.25. The van der Waals surface area contributed by atoms with Gasteiger partial charge in [0.05, 0.1) is 0 Å². The number of fused-ring (bicyclic) bond motifs is 2. The van der Waals surface area contributed by atoms with Gasteiger partial charge in [-0.2, -0.15) is 0 Å². The number of aryl methyl sites for hydroxylation is 1. The Balaban J connectivity index is 1.54. The summed E-state index contributed by atoms with van der Waals surface area (Å²) in [6.07, 6.45) is 2.41. The van der Waals surface area contributed by atoms with Gasteiger partial charge in [0.2, 0.25) is 0 Å². The zero-order valence-electron chi connectivity index (χ0n) is 15.9. The Labute approximate surface area is 158 Å². The summed E-state index contributed by atoms with van der Waals surface area (Å²) in [4.78, 5) is 0. The number of hydrogen-bond donors (Lipinski definition) is 0. The van der Waals surface area contributed by atoms with E-state index in [0.29, 0.717) is 5.82 Å². The maximum absolute atomic E-state index is 5.99. The molecule has 3 fully saturated rings. The first-order chi connectivity index (χ1) is 12.5. The second-order valence-corrected chi connectivity index (χ2v) is 8.05. The maximum atomic E-state index is 5.99. The quantitative estimate of drug-likeness (QED) is 0.794. The topological polar surface area (TPSA) is 18.5 Å². The van der Waals surface area contributed by atoms with Crippen LogP contribution in [0.2, 0.25) is 5.82 Å². The molecule has 0 spiro atoms. The summed E-state index contributed by atoms with van der Waals surface area (Å²) in [5.41, 5.74) is 3.80. The van der Waals surface area contributed by atoms with Crippen molar-refractivity contribution in [1.82, 2.24) is 0 Å². The molecule has 2 saturated heterocycles. The van der Waals surface area contributed by atoms with E-state index < -0.39 is 0 Å². The van der Waals surface area contributed by atoms with Gasteiger partial charge in [0.1, 0.15) is 0 Å². The van der Waals surface area contributed by atoms with Gasteiger partial charge in [-0.15, -0.1) is 0 Å². The Morgan fingerprint density at radius 2 is 2.19 bits per heavy atom. The molecule has 1 atom stereocenters. The number of benzene rings is 1. The van der Waals surface area contributed by atoms with E-state index in [9.17, 15) is 0 Å². The van der Waals surface area contributed by atoms with E-state index in [2.05, 4.69) is 65.6 Å². The van der Waals surface area contributed by atoms with Crippen LogP contribution in [0.15, 0.2) is 24.2 Å². The first kappa shape index (κ1) is 17.8. The molecule has 1 aromatic carbocycles. The number of methoxy groups -OCH3 is 1. The Bertz CT molecular complexity index is 929. The molecule has 5 heteroatoms. The summed E-state index contributed by atoms with van der Waals surface area (Å²) in [7, 11) is 4.02.